The van der Waals surface area contributed by atoms with Gasteiger partial charge < -0.3 is 34.6 Å². The molecule has 2 saturated heterocycles. The summed E-state index contributed by atoms with van der Waals surface area (Å²) in [6.07, 6.45) is 13.6. The van der Waals surface area contributed by atoms with Crippen molar-refractivity contribution < 1.29 is 23.9 Å². The molecule has 3 aromatic rings. The van der Waals surface area contributed by atoms with E-state index in [0.29, 0.717) is 13.3 Å². The van der Waals surface area contributed by atoms with Crippen molar-refractivity contribution in [3.8, 4) is 11.3 Å². The Labute approximate surface area is 312 Å². The largest absolute Gasteiger partial charge is 0.453 e. The van der Waals surface area contributed by atoms with Crippen LogP contribution in [0.4, 0.5) is 4.79 Å². The molecule has 3 amide bonds. The molecule has 8 rings (SSSR count). The summed E-state index contributed by atoms with van der Waals surface area (Å²) in [4.78, 5) is 59.5. The standard InChI is InChI=1S/C40H56N8O5/c1-25(2)33(46-38(51)53-5)37(50)48-21-7-9-31(48)35-42-23-32(45-35)40-17-14-39(15-18-40,16-19-40)28-12-10-27(11-13-28)29-22-41-34(44-29)30-8-6-20-47(30)36(49)26(3)43-24-52-4/h10-13,22-23,25-26,30-31,33,43H,6-9,14-21,24H2,1-5H3,(H,41,44)(H,42,45)(H,46,51). The SMILES string of the molecule is COCNC(C)C(=O)N1CCCC1c1ncc(-c2ccc(C34CCC(c5cnc(C6CCCN6C(=O)C(NC(=O)OC)C(C)C)[nH]5)(CC3)CC4)cc2)[nH]1. The van der Waals surface area contributed by atoms with Crippen LogP contribution in [0.1, 0.15) is 120 Å². The van der Waals surface area contributed by atoms with E-state index in [2.05, 4.69) is 44.9 Å². The fourth-order valence-electron chi connectivity index (χ4n) is 9.51. The van der Waals surface area contributed by atoms with Crippen LogP contribution in [0.15, 0.2) is 36.7 Å². The van der Waals surface area contributed by atoms with Crippen molar-refractivity contribution in [3.05, 3.63) is 59.6 Å². The van der Waals surface area contributed by atoms with Crippen LogP contribution in [0.5, 0.6) is 0 Å². The van der Waals surface area contributed by atoms with Crippen LogP contribution in [-0.4, -0.2) is 93.8 Å². The van der Waals surface area contributed by atoms with Gasteiger partial charge in [-0.1, -0.05) is 38.1 Å². The molecule has 53 heavy (non-hydrogen) atoms. The van der Waals surface area contributed by atoms with Crippen LogP contribution in [0.3, 0.4) is 0 Å². The molecule has 13 nitrogen and oxygen atoms in total. The number of imidazole rings is 2. The molecule has 4 heterocycles. The fraction of sp³-hybridized carbons (Fsp3) is 0.625. The number of hydrogen-bond donors (Lipinski definition) is 4. The molecule has 4 atom stereocenters. The Balaban J connectivity index is 0.990. The summed E-state index contributed by atoms with van der Waals surface area (Å²) in [6, 6.07) is 7.90. The minimum Gasteiger partial charge on any atom is -0.453 e. The average molecular weight is 729 g/mol. The lowest BCUT2D eigenvalue weighted by Crippen LogP contribution is -2.51. The molecule has 1 aromatic carbocycles. The summed E-state index contributed by atoms with van der Waals surface area (Å²) in [5.74, 6) is 1.60. The second-order valence-electron chi connectivity index (χ2n) is 16.1. The summed E-state index contributed by atoms with van der Waals surface area (Å²) in [5, 5.41) is 5.86. The minimum absolute atomic E-state index is 0.0518. The van der Waals surface area contributed by atoms with Crippen molar-refractivity contribution in [2.24, 2.45) is 5.92 Å². The highest BCUT2D eigenvalue weighted by atomic mass is 16.5. The summed E-state index contributed by atoms with van der Waals surface area (Å²) in [5.41, 5.74) is 4.92. The van der Waals surface area contributed by atoms with Crippen LogP contribution in [-0.2, 0) is 29.9 Å². The first-order valence-corrected chi connectivity index (χ1v) is 19.5. The Hall–Kier alpha value is -4.23. The molecule has 2 aromatic heterocycles. The normalized spacial score (nSPS) is 26.6. The molecule has 0 radical (unpaired) electrons. The minimum atomic E-state index is -0.648. The van der Waals surface area contributed by atoms with Crippen LogP contribution < -0.4 is 10.6 Å². The Morgan fingerprint density at radius 3 is 2.02 bits per heavy atom. The number of ether oxygens (including phenoxy) is 2. The van der Waals surface area contributed by atoms with E-state index in [-0.39, 0.29) is 46.7 Å². The van der Waals surface area contributed by atoms with Gasteiger partial charge in [0.1, 0.15) is 17.7 Å². The third-order valence-corrected chi connectivity index (χ3v) is 12.8. The van der Waals surface area contributed by atoms with Crippen LogP contribution in [0.25, 0.3) is 11.3 Å². The van der Waals surface area contributed by atoms with Gasteiger partial charge in [-0.3, -0.25) is 14.9 Å². The topological polar surface area (TPSA) is 158 Å². The van der Waals surface area contributed by atoms with Crippen LogP contribution >= 0.6 is 0 Å². The Morgan fingerprint density at radius 1 is 0.830 bits per heavy atom. The molecular formula is C40H56N8O5. The van der Waals surface area contributed by atoms with Crippen molar-refractivity contribution in [2.75, 3.05) is 34.0 Å². The number of benzene rings is 1. The number of nitrogens with one attached hydrogen (secondary N) is 4. The first-order valence-electron chi connectivity index (χ1n) is 19.5. The highest BCUT2D eigenvalue weighted by Gasteiger charge is 2.51. The summed E-state index contributed by atoms with van der Waals surface area (Å²) < 4.78 is 9.89. The number of carbonyl (C=O) groups excluding carboxylic acids is 3. The van der Waals surface area contributed by atoms with Crippen molar-refractivity contribution >= 4 is 17.9 Å². The van der Waals surface area contributed by atoms with Crippen LogP contribution in [0, 0.1) is 5.92 Å². The maximum Gasteiger partial charge on any atom is 0.407 e. The third kappa shape index (κ3) is 7.09. The summed E-state index contributed by atoms with van der Waals surface area (Å²) in [7, 11) is 2.93. The molecule has 2 aliphatic heterocycles. The van der Waals surface area contributed by atoms with Gasteiger partial charge >= 0.3 is 6.09 Å². The van der Waals surface area contributed by atoms with Gasteiger partial charge in [-0.05, 0) is 93.6 Å². The van der Waals surface area contributed by atoms with E-state index in [1.54, 1.807) is 7.11 Å². The molecule has 3 aliphatic carbocycles. The number of H-pyrrole nitrogens is 2. The highest BCUT2D eigenvalue weighted by Crippen LogP contribution is 2.58. The second-order valence-corrected chi connectivity index (χ2v) is 16.1. The predicted molar refractivity (Wildman–Crippen MR) is 200 cm³/mol. The number of likely N-dealkylation sites (tertiary alicyclic amines) is 2. The lowest BCUT2D eigenvalue weighted by atomic mass is 9.51. The first kappa shape index (κ1) is 37.1. The summed E-state index contributed by atoms with van der Waals surface area (Å²) in [6.45, 7) is 7.46. The molecule has 286 valence electrons. The lowest BCUT2D eigenvalue weighted by Gasteiger charge is -2.53. The Bertz CT molecular complexity index is 1740. The number of rotatable bonds is 12. The zero-order valence-electron chi connectivity index (χ0n) is 31.9. The fourth-order valence-corrected chi connectivity index (χ4v) is 9.51. The van der Waals surface area contributed by atoms with Crippen molar-refractivity contribution in [1.29, 1.82) is 0 Å². The molecule has 3 saturated carbocycles. The van der Waals surface area contributed by atoms with Gasteiger partial charge in [-0.25, -0.2) is 14.8 Å². The number of methoxy groups -OCH3 is 2. The van der Waals surface area contributed by atoms with Gasteiger partial charge in [0.25, 0.3) is 0 Å². The number of alkyl carbamates (subject to hydrolysis) is 1. The first-order chi connectivity index (χ1) is 25.6. The van der Waals surface area contributed by atoms with Gasteiger partial charge in [0.2, 0.25) is 11.8 Å². The number of aromatic nitrogens is 4. The Kier molecular flexibility index (Phi) is 10.7. The average Bonchev–Trinajstić information content (AvgIpc) is 4.03. The molecule has 13 heteroatoms. The van der Waals surface area contributed by atoms with E-state index < -0.39 is 12.1 Å². The molecule has 0 spiro atoms. The monoisotopic (exact) mass is 728 g/mol. The van der Waals surface area contributed by atoms with Crippen molar-refractivity contribution in [2.45, 2.75) is 120 Å². The molecule has 4 N–H and O–H groups in total. The number of aromatic amines is 2. The van der Waals surface area contributed by atoms with E-state index in [1.165, 1.54) is 18.4 Å². The third-order valence-electron chi connectivity index (χ3n) is 12.8. The van der Waals surface area contributed by atoms with Gasteiger partial charge in [-0.2, -0.15) is 0 Å². The number of amides is 3. The Morgan fingerprint density at radius 2 is 1.42 bits per heavy atom. The molecular weight excluding hydrogens is 672 g/mol. The van der Waals surface area contributed by atoms with E-state index in [4.69, 9.17) is 19.4 Å². The number of carbonyl (C=O) groups is 3. The molecule has 5 fully saturated rings. The zero-order chi connectivity index (χ0) is 37.3. The molecule has 2 bridgehead atoms. The van der Waals surface area contributed by atoms with E-state index >= 15 is 0 Å². The quantitative estimate of drug-likeness (QED) is 0.175. The van der Waals surface area contributed by atoms with Crippen molar-refractivity contribution in [1.82, 2.24) is 40.4 Å². The predicted octanol–water partition coefficient (Wildman–Crippen LogP) is 5.63. The lowest BCUT2D eigenvalue weighted by molar-refractivity contribution is -0.135. The second kappa shape index (κ2) is 15.3. The number of fused-ring (bicyclic) bond motifs is 3. The highest BCUT2D eigenvalue weighted by molar-refractivity contribution is 5.86. The number of hydrogen-bond acceptors (Lipinski definition) is 8. The maximum atomic E-state index is 13.7. The van der Waals surface area contributed by atoms with E-state index in [0.717, 1.165) is 93.7 Å². The maximum absolute atomic E-state index is 13.7. The summed E-state index contributed by atoms with van der Waals surface area (Å²) >= 11 is 0. The molecule has 5 aliphatic rings. The smallest absolute Gasteiger partial charge is 0.407 e. The van der Waals surface area contributed by atoms with Gasteiger partial charge in [-0.15, -0.1) is 0 Å². The van der Waals surface area contributed by atoms with Crippen molar-refractivity contribution in [3.63, 3.8) is 0 Å². The van der Waals surface area contributed by atoms with Gasteiger partial charge in [0.05, 0.1) is 43.9 Å². The van der Waals surface area contributed by atoms with E-state index in [9.17, 15) is 14.4 Å². The number of nitrogens with zero attached hydrogens (tertiary/aromatic N) is 4. The van der Waals surface area contributed by atoms with Crippen LogP contribution in [0.2, 0.25) is 0 Å². The molecule has 4 unspecified atom stereocenters. The zero-order valence-corrected chi connectivity index (χ0v) is 31.9. The van der Waals surface area contributed by atoms with E-state index in [1.807, 2.05) is 43.0 Å². The van der Waals surface area contributed by atoms with Gasteiger partial charge in [0.15, 0.2) is 0 Å². The van der Waals surface area contributed by atoms with Gasteiger partial charge in [0, 0.05) is 37.5 Å².